The molecule has 0 radical (unpaired) electrons. The van der Waals surface area contributed by atoms with Gasteiger partial charge in [0.25, 0.3) is 5.91 Å². The van der Waals surface area contributed by atoms with E-state index in [9.17, 15) is 14.4 Å². The van der Waals surface area contributed by atoms with Gasteiger partial charge in [-0.3, -0.25) is 4.79 Å². The zero-order valence-corrected chi connectivity index (χ0v) is 42.6. The number of nitrogens with zero attached hydrogens (tertiary/aromatic N) is 6. The van der Waals surface area contributed by atoms with Crippen LogP contribution in [0.25, 0.3) is 46.3 Å². The molecule has 0 aliphatic heterocycles. The SMILES string of the molecule is COC(=O)c1coc(-c2coc(-c3coc(C(NC(=O)c4coc(-c5nc(-c6nc(C(CSC(c7ccccc7)(c7ccccc7)c7ccccc7)NC(=O)OC(C)(C)C)oc6C)oc5C)n4)C(OC)OC)n3)n2)n1. The number of nitrogens with one attached hydrogen (secondary N) is 2. The van der Waals surface area contributed by atoms with Crippen molar-refractivity contribution in [1.82, 2.24) is 40.5 Å². The van der Waals surface area contributed by atoms with Gasteiger partial charge in [-0.1, -0.05) is 91.0 Å². The molecule has 2 unspecified atom stereocenters. The van der Waals surface area contributed by atoms with Crippen molar-refractivity contribution in [2.45, 2.75) is 63.3 Å². The van der Waals surface area contributed by atoms with Crippen LogP contribution in [0.15, 0.2) is 143 Å². The molecular weight excluding hydrogens is 989 g/mol. The Morgan fingerprint density at radius 2 is 1.12 bits per heavy atom. The van der Waals surface area contributed by atoms with Crippen LogP contribution in [0.1, 0.15) is 93.8 Å². The van der Waals surface area contributed by atoms with Crippen LogP contribution in [0, 0.1) is 13.8 Å². The number of benzene rings is 3. The monoisotopic (exact) mass is 1040 g/mol. The molecule has 0 bridgehead atoms. The second kappa shape index (κ2) is 21.9. The van der Waals surface area contributed by atoms with Crippen LogP contribution in [0.5, 0.6) is 0 Å². The molecule has 9 rings (SSSR count). The van der Waals surface area contributed by atoms with E-state index >= 15 is 0 Å². The smallest absolute Gasteiger partial charge is 0.408 e. The Kier molecular flexibility index (Phi) is 15.0. The average molecular weight is 1040 g/mol. The molecule has 0 fully saturated rings. The fourth-order valence-electron chi connectivity index (χ4n) is 7.99. The summed E-state index contributed by atoms with van der Waals surface area (Å²) in [6.45, 7) is 8.73. The number of hydrogen-bond donors (Lipinski definition) is 2. The summed E-state index contributed by atoms with van der Waals surface area (Å²) < 4.78 is 55.7. The molecule has 2 N–H and O–H groups in total. The lowest BCUT2D eigenvalue weighted by atomic mass is 9.84. The number of alkyl carbamates (subject to hydrolysis) is 1. The van der Waals surface area contributed by atoms with Crippen molar-refractivity contribution >= 4 is 29.7 Å². The number of hydrogen-bond acceptors (Lipinski definition) is 20. The summed E-state index contributed by atoms with van der Waals surface area (Å²) in [6, 6.07) is 28.6. The largest absolute Gasteiger partial charge is 0.464 e. The highest BCUT2D eigenvalue weighted by Crippen LogP contribution is 2.50. The maximum absolute atomic E-state index is 13.8. The molecule has 6 heterocycles. The van der Waals surface area contributed by atoms with Crippen LogP contribution in [0.4, 0.5) is 4.79 Å². The Morgan fingerprint density at radius 1 is 0.587 bits per heavy atom. The van der Waals surface area contributed by atoms with Crippen molar-refractivity contribution in [2.24, 2.45) is 0 Å². The quantitative estimate of drug-likeness (QED) is 0.0433. The third kappa shape index (κ3) is 11.0. The topological polar surface area (TPSA) is 268 Å². The van der Waals surface area contributed by atoms with Gasteiger partial charge in [-0.15, -0.1) is 11.8 Å². The molecule has 3 aromatic carbocycles. The summed E-state index contributed by atoms with van der Waals surface area (Å²) in [5, 5.41) is 5.80. The number of carbonyl (C=O) groups excluding carboxylic acids is 3. The predicted molar refractivity (Wildman–Crippen MR) is 268 cm³/mol. The van der Waals surface area contributed by atoms with E-state index in [1.807, 2.05) is 54.6 Å². The highest BCUT2D eigenvalue weighted by molar-refractivity contribution is 8.00. The van der Waals surface area contributed by atoms with Gasteiger partial charge < -0.3 is 56.1 Å². The van der Waals surface area contributed by atoms with Gasteiger partial charge in [0, 0.05) is 20.0 Å². The maximum Gasteiger partial charge on any atom is 0.408 e. The number of rotatable bonds is 19. The number of thioether (sulfide) groups is 1. The first kappa shape index (κ1) is 51.3. The molecule has 0 saturated heterocycles. The summed E-state index contributed by atoms with van der Waals surface area (Å²) in [4.78, 5) is 66.2. The Labute approximate surface area is 432 Å². The lowest BCUT2D eigenvalue weighted by Gasteiger charge is -2.36. The van der Waals surface area contributed by atoms with Gasteiger partial charge in [-0.05, 0) is 51.3 Å². The average Bonchev–Trinajstić information content (AvgIpc) is 4.29. The zero-order valence-electron chi connectivity index (χ0n) is 41.8. The van der Waals surface area contributed by atoms with Crippen molar-refractivity contribution in [2.75, 3.05) is 27.1 Å². The molecule has 22 heteroatoms. The van der Waals surface area contributed by atoms with E-state index in [1.54, 1.807) is 46.4 Å². The van der Waals surface area contributed by atoms with E-state index in [0.29, 0.717) is 11.5 Å². The lowest BCUT2D eigenvalue weighted by molar-refractivity contribution is -0.126. The standard InChI is InChI=1S/C53H50N8O13S/c1-29-39(46-54-34(24-70-46)42(62)59-41(50(66-7)67-8)47-56-36(26-71-47)43-55-35(25-68-43)44-57-37(27-69-44)49(63)65-6)61-48(73-29)40-30(2)72-45(60-40)38(58-51(64)74-52(3,4)5)28-75-53(31-18-12-9-13-19-31,32-20-14-10-15-21-32)33-22-16-11-17-23-33/h9-27,38,41,50H,28H2,1-8H3,(H,58,64)(H,59,62). The molecule has 2 amide bonds. The molecule has 0 aliphatic rings. The molecule has 6 aromatic heterocycles. The van der Waals surface area contributed by atoms with Gasteiger partial charge in [0.05, 0.1) is 11.9 Å². The van der Waals surface area contributed by atoms with E-state index in [0.717, 1.165) is 29.2 Å². The number of methoxy groups -OCH3 is 3. The maximum atomic E-state index is 13.8. The summed E-state index contributed by atoms with van der Waals surface area (Å²) in [5.74, 6) is -0.287. The van der Waals surface area contributed by atoms with Crippen LogP contribution in [0.2, 0.25) is 0 Å². The van der Waals surface area contributed by atoms with Crippen LogP contribution >= 0.6 is 11.8 Å². The number of oxazole rings is 6. The Morgan fingerprint density at radius 3 is 1.73 bits per heavy atom. The summed E-state index contributed by atoms with van der Waals surface area (Å²) >= 11 is 1.61. The summed E-state index contributed by atoms with van der Waals surface area (Å²) in [7, 11) is 3.97. The van der Waals surface area contributed by atoms with Crippen molar-refractivity contribution in [3.05, 3.63) is 167 Å². The van der Waals surface area contributed by atoms with E-state index in [4.69, 9.17) is 50.7 Å². The first-order valence-corrected chi connectivity index (χ1v) is 24.2. The number of esters is 1. The van der Waals surface area contributed by atoms with E-state index < -0.39 is 46.7 Å². The summed E-state index contributed by atoms with van der Waals surface area (Å²) in [5.41, 5.74) is 2.85. The van der Waals surface area contributed by atoms with Gasteiger partial charge in [-0.2, -0.15) is 0 Å². The second-order valence-electron chi connectivity index (χ2n) is 17.6. The van der Waals surface area contributed by atoms with Crippen LogP contribution in [0.3, 0.4) is 0 Å². The van der Waals surface area contributed by atoms with Gasteiger partial charge in [0.1, 0.15) is 48.2 Å². The molecular formula is C53H50N8O13S. The normalized spacial score (nSPS) is 12.7. The Hall–Kier alpha value is -8.60. The Balaban J connectivity index is 0.961. The number of amides is 2. The van der Waals surface area contributed by atoms with Gasteiger partial charge in [0.15, 0.2) is 46.5 Å². The molecule has 75 heavy (non-hydrogen) atoms. The third-order valence-corrected chi connectivity index (χ3v) is 13.0. The molecule has 0 saturated carbocycles. The number of carbonyl (C=O) groups is 3. The fourth-order valence-corrected chi connectivity index (χ4v) is 9.54. The number of aryl methyl sites for hydroxylation is 2. The highest BCUT2D eigenvalue weighted by Gasteiger charge is 2.40. The molecule has 386 valence electrons. The first-order chi connectivity index (χ1) is 36.2. The second-order valence-corrected chi connectivity index (χ2v) is 18.9. The predicted octanol–water partition coefficient (Wildman–Crippen LogP) is 10.1. The van der Waals surface area contributed by atoms with Crippen molar-refractivity contribution in [3.63, 3.8) is 0 Å². The molecule has 0 aliphatic carbocycles. The summed E-state index contributed by atoms with van der Waals surface area (Å²) in [6.07, 6.45) is 3.04. The first-order valence-electron chi connectivity index (χ1n) is 23.2. The Bertz CT molecular complexity index is 3290. The van der Waals surface area contributed by atoms with Crippen molar-refractivity contribution in [3.8, 4) is 46.3 Å². The van der Waals surface area contributed by atoms with Gasteiger partial charge in [-0.25, -0.2) is 39.5 Å². The van der Waals surface area contributed by atoms with E-state index in [-0.39, 0.29) is 75.3 Å². The van der Waals surface area contributed by atoms with Crippen molar-refractivity contribution in [1.29, 1.82) is 0 Å². The molecule has 2 atom stereocenters. The number of aromatic nitrogens is 6. The van der Waals surface area contributed by atoms with Gasteiger partial charge >= 0.3 is 12.1 Å². The van der Waals surface area contributed by atoms with Crippen LogP contribution < -0.4 is 10.6 Å². The van der Waals surface area contributed by atoms with Crippen LogP contribution in [-0.2, 0) is 23.7 Å². The van der Waals surface area contributed by atoms with Crippen molar-refractivity contribution < 1.29 is 59.8 Å². The van der Waals surface area contributed by atoms with E-state index in [1.165, 1.54) is 33.9 Å². The fraction of sp³-hybridized carbons (Fsp3) is 0.264. The minimum Gasteiger partial charge on any atom is -0.464 e. The van der Waals surface area contributed by atoms with E-state index in [2.05, 4.69) is 71.7 Å². The van der Waals surface area contributed by atoms with Gasteiger partial charge in [0.2, 0.25) is 35.3 Å². The van der Waals surface area contributed by atoms with Crippen LogP contribution in [-0.4, -0.2) is 86.8 Å². The minimum absolute atomic E-state index is 0.00222. The molecule has 9 aromatic rings. The third-order valence-electron chi connectivity index (χ3n) is 11.4. The molecule has 21 nitrogen and oxygen atoms in total. The zero-order chi connectivity index (χ0) is 52.9. The molecule has 0 spiro atoms. The minimum atomic E-state index is -1.13. The lowest BCUT2D eigenvalue weighted by Crippen LogP contribution is -2.38. The highest BCUT2D eigenvalue weighted by atomic mass is 32.2. The number of ether oxygens (including phenoxy) is 4.